The van der Waals surface area contributed by atoms with E-state index in [-0.39, 0.29) is 6.61 Å². The van der Waals surface area contributed by atoms with E-state index < -0.39 is 5.91 Å². The highest BCUT2D eigenvalue weighted by atomic mass is 35.5. The quantitative estimate of drug-likeness (QED) is 0.505. The highest BCUT2D eigenvalue weighted by molar-refractivity contribution is 6.31. The van der Waals surface area contributed by atoms with Crippen LogP contribution in [0, 0.1) is 0 Å². The van der Waals surface area contributed by atoms with Crippen molar-refractivity contribution in [3.63, 3.8) is 0 Å². The van der Waals surface area contributed by atoms with Gasteiger partial charge in [0.2, 0.25) is 0 Å². The number of aryl methyl sites for hydroxylation is 1. The van der Waals surface area contributed by atoms with Crippen LogP contribution in [0.5, 0.6) is 5.75 Å². The summed E-state index contributed by atoms with van der Waals surface area (Å²) in [5.74, 6) is 5.77. The summed E-state index contributed by atoms with van der Waals surface area (Å²) in [6.07, 6.45) is 2.24. The molecule has 6 heteroatoms. The van der Waals surface area contributed by atoms with E-state index in [0.717, 1.165) is 12.0 Å². The van der Waals surface area contributed by atoms with Crippen molar-refractivity contribution in [1.29, 1.82) is 0 Å². The molecule has 0 spiro atoms. The van der Waals surface area contributed by atoms with Crippen molar-refractivity contribution in [2.24, 2.45) is 5.84 Å². The molecule has 0 atom stereocenters. The van der Waals surface area contributed by atoms with Crippen LogP contribution in [0.15, 0.2) is 34.9 Å². The van der Waals surface area contributed by atoms with E-state index in [0.29, 0.717) is 22.1 Å². The highest BCUT2D eigenvalue weighted by Crippen LogP contribution is 2.23. The van der Waals surface area contributed by atoms with Crippen molar-refractivity contribution in [2.45, 2.75) is 20.0 Å². The maximum atomic E-state index is 11.5. The fraction of sp³-hybridized carbons (Fsp3) is 0.214. The number of nitrogens with two attached hydrogens (primary N) is 1. The third-order valence-corrected chi connectivity index (χ3v) is 3.26. The van der Waals surface area contributed by atoms with E-state index in [2.05, 4.69) is 5.43 Å². The lowest BCUT2D eigenvalue weighted by molar-refractivity contribution is 0.0949. The van der Waals surface area contributed by atoms with Crippen LogP contribution < -0.4 is 16.0 Å². The molecule has 0 aliphatic heterocycles. The van der Waals surface area contributed by atoms with E-state index in [1.54, 1.807) is 18.2 Å². The van der Waals surface area contributed by atoms with Gasteiger partial charge in [-0.1, -0.05) is 18.5 Å². The Balaban J connectivity index is 2.09. The second-order valence-electron chi connectivity index (χ2n) is 4.13. The zero-order chi connectivity index (χ0) is 14.5. The molecule has 5 nitrogen and oxygen atoms in total. The molecule has 0 radical (unpaired) electrons. The predicted molar refractivity (Wildman–Crippen MR) is 75.5 cm³/mol. The first-order valence-electron chi connectivity index (χ1n) is 6.14. The van der Waals surface area contributed by atoms with E-state index in [9.17, 15) is 4.79 Å². The van der Waals surface area contributed by atoms with Gasteiger partial charge in [0.15, 0.2) is 5.76 Å². The molecular formula is C14H15ClN2O3. The van der Waals surface area contributed by atoms with Crippen LogP contribution in [0.25, 0.3) is 0 Å². The van der Waals surface area contributed by atoms with Crippen LogP contribution in [0.4, 0.5) is 0 Å². The molecule has 0 saturated carbocycles. The van der Waals surface area contributed by atoms with Crippen LogP contribution in [-0.4, -0.2) is 5.91 Å². The molecule has 3 N–H and O–H groups in total. The molecule has 1 amide bonds. The van der Waals surface area contributed by atoms with Crippen LogP contribution in [0.2, 0.25) is 5.02 Å². The summed E-state index contributed by atoms with van der Waals surface area (Å²) in [5, 5.41) is 0.709. The second-order valence-corrected chi connectivity index (χ2v) is 4.53. The Kier molecular flexibility index (Phi) is 4.65. The van der Waals surface area contributed by atoms with E-state index in [1.807, 2.05) is 13.0 Å². The molecule has 1 aromatic carbocycles. The molecule has 0 aliphatic rings. The normalized spacial score (nSPS) is 10.3. The van der Waals surface area contributed by atoms with Gasteiger partial charge < -0.3 is 9.15 Å². The number of nitrogen functional groups attached to an aromatic ring is 1. The summed E-state index contributed by atoms with van der Waals surface area (Å²) in [5.41, 5.74) is 3.42. The number of hydrazine groups is 1. The summed E-state index contributed by atoms with van der Waals surface area (Å²) in [4.78, 5) is 11.5. The summed E-state index contributed by atoms with van der Waals surface area (Å²) in [6, 6.07) is 6.96. The molecule has 2 aromatic rings. The van der Waals surface area contributed by atoms with E-state index >= 15 is 0 Å². The Morgan fingerprint density at radius 2 is 2.25 bits per heavy atom. The number of halogens is 1. The summed E-state index contributed by atoms with van der Waals surface area (Å²) < 4.78 is 10.8. The summed E-state index contributed by atoms with van der Waals surface area (Å²) in [7, 11) is 0. The van der Waals surface area contributed by atoms with E-state index in [4.69, 9.17) is 26.6 Å². The number of hydrogen-bond acceptors (Lipinski definition) is 4. The average Bonchev–Trinajstić information content (AvgIpc) is 2.94. The third-order valence-electron chi connectivity index (χ3n) is 2.89. The third kappa shape index (κ3) is 3.12. The number of nitrogens with one attached hydrogen (secondary N) is 1. The summed E-state index contributed by atoms with van der Waals surface area (Å²) in [6.45, 7) is 2.15. The molecule has 2 rings (SSSR count). The number of carbonyl (C=O) groups excluding carboxylic acids is 1. The SMILES string of the molecule is CCc1cc(OCc2occc2C(=O)NN)ccc1Cl. The van der Waals surface area contributed by atoms with E-state index in [1.165, 1.54) is 6.26 Å². The molecule has 0 fully saturated rings. The van der Waals surface area contributed by atoms with Crippen LogP contribution in [-0.2, 0) is 13.0 Å². The standard InChI is InChI=1S/C14H15ClN2O3/c1-2-9-7-10(3-4-12(9)15)20-8-13-11(5-6-19-13)14(18)17-16/h3-7H,2,8,16H2,1H3,(H,17,18). The number of furan rings is 1. The van der Waals surface area contributed by atoms with Crippen molar-refractivity contribution in [2.75, 3.05) is 0 Å². The zero-order valence-corrected chi connectivity index (χ0v) is 11.7. The van der Waals surface area contributed by atoms with Crippen LogP contribution in [0.1, 0.15) is 28.6 Å². The van der Waals surface area contributed by atoms with Gasteiger partial charge in [0, 0.05) is 5.02 Å². The van der Waals surface area contributed by atoms with Gasteiger partial charge in [-0.15, -0.1) is 0 Å². The maximum Gasteiger partial charge on any atom is 0.268 e. The first-order chi connectivity index (χ1) is 9.65. The molecule has 1 heterocycles. The van der Waals surface area contributed by atoms with Crippen molar-refractivity contribution in [3.8, 4) is 5.75 Å². The van der Waals surface area contributed by atoms with Crippen LogP contribution in [0.3, 0.4) is 0 Å². The Morgan fingerprint density at radius 3 is 2.95 bits per heavy atom. The number of amides is 1. The average molecular weight is 295 g/mol. The first kappa shape index (κ1) is 14.4. The molecule has 0 aliphatic carbocycles. The highest BCUT2D eigenvalue weighted by Gasteiger charge is 2.14. The second kappa shape index (κ2) is 6.45. The van der Waals surface area contributed by atoms with Gasteiger partial charge in [-0.05, 0) is 36.2 Å². The predicted octanol–water partition coefficient (Wildman–Crippen LogP) is 2.68. The number of benzene rings is 1. The Bertz CT molecular complexity index is 610. The van der Waals surface area contributed by atoms with Crippen molar-refractivity contribution in [1.82, 2.24) is 5.43 Å². The van der Waals surface area contributed by atoms with Crippen LogP contribution >= 0.6 is 11.6 Å². The molecule has 0 saturated heterocycles. The lowest BCUT2D eigenvalue weighted by atomic mass is 10.1. The Morgan fingerprint density at radius 1 is 1.45 bits per heavy atom. The number of ether oxygens (including phenoxy) is 1. The molecule has 0 bridgehead atoms. The lowest BCUT2D eigenvalue weighted by Crippen LogP contribution is -2.30. The number of carbonyl (C=O) groups is 1. The fourth-order valence-corrected chi connectivity index (χ4v) is 2.04. The van der Waals surface area contributed by atoms with Gasteiger partial charge in [-0.25, -0.2) is 5.84 Å². The largest absolute Gasteiger partial charge is 0.486 e. The monoisotopic (exact) mass is 294 g/mol. The Labute approximate surface area is 121 Å². The minimum absolute atomic E-state index is 0.139. The van der Waals surface area contributed by atoms with Crippen molar-refractivity contribution < 1.29 is 13.9 Å². The molecule has 0 unspecified atom stereocenters. The van der Waals surface area contributed by atoms with Crippen molar-refractivity contribution >= 4 is 17.5 Å². The number of hydrogen-bond donors (Lipinski definition) is 2. The van der Waals surface area contributed by atoms with Gasteiger partial charge in [0.05, 0.1) is 11.8 Å². The molecule has 1 aromatic heterocycles. The van der Waals surface area contributed by atoms with Crippen molar-refractivity contribution in [3.05, 3.63) is 52.4 Å². The molecule has 20 heavy (non-hydrogen) atoms. The van der Waals surface area contributed by atoms with Gasteiger partial charge in [0.25, 0.3) is 5.91 Å². The summed E-state index contributed by atoms with van der Waals surface area (Å²) >= 11 is 6.04. The zero-order valence-electron chi connectivity index (χ0n) is 11.0. The molecule has 106 valence electrons. The fourth-order valence-electron chi connectivity index (χ4n) is 1.79. The minimum atomic E-state index is -0.414. The first-order valence-corrected chi connectivity index (χ1v) is 6.52. The molecular weight excluding hydrogens is 280 g/mol. The maximum absolute atomic E-state index is 11.5. The number of rotatable bonds is 5. The topological polar surface area (TPSA) is 77.5 Å². The van der Waals surface area contributed by atoms with Gasteiger partial charge in [0.1, 0.15) is 12.4 Å². The van der Waals surface area contributed by atoms with Gasteiger partial charge >= 0.3 is 0 Å². The Hall–Kier alpha value is -1.98. The lowest BCUT2D eigenvalue weighted by Gasteiger charge is -2.08. The smallest absolute Gasteiger partial charge is 0.268 e. The minimum Gasteiger partial charge on any atom is -0.486 e. The van der Waals surface area contributed by atoms with Gasteiger partial charge in [-0.2, -0.15) is 0 Å². The van der Waals surface area contributed by atoms with Gasteiger partial charge in [-0.3, -0.25) is 10.2 Å².